The Morgan fingerprint density at radius 2 is 2.16 bits per heavy atom. The minimum atomic E-state index is -3.34. The zero-order valence-electron chi connectivity index (χ0n) is 10.9. The SMILES string of the molecule is Cn1c(C(N)CCO)nc2c(S(C)(=O)=O)cccc21. The summed E-state index contributed by atoms with van der Waals surface area (Å²) in [5.41, 5.74) is 7.08. The first-order valence-corrected chi connectivity index (χ1v) is 7.77. The highest BCUT2D eigenvalue weighted by Crippen LogP contribution is 2.25. The van der Waals surface area contributed by atoms with Gasteiger partial charge in [-0.05, 0) is 18.6 Å². The molecule has 0 bridgehead atoms. The van der Waals surface area contributed by atoms with Crippen molar-refractivity contribution in [3.05, 3.63) is 24.0 Å². The van der Waals surface area contributed by atoms with E-state index in [1.54, 1.807) is 23.7 Å². The van der Waals surface area contributed by atoms with Gasteiger partial charge >= 0.3 is 0 Å². The largest absolute Gasteiger partial charge is 0.396 e. The molecule has 2 aromatic rings. The van der Waals surface area contributed by atoms with Crippen molar-refractivity contribution in [2.75, 3.05) is 12.9 Å². The predicted molar refractivity (Wildman–Crippen MR) is 72.5 cm³/mol. The molecular weight excluding hydrogens is 266 g/mol. The molecule has 0 radical (unpaired) electrons. The summed E-state index contributed by atoms with van der Waals surface area (Å²) < 4.78 is 25.3. The lowest BCUT2D eigenvalue weighted by Crippen LogP contribution is -2.16. The molecule has 0 saturated heterocycles. The highest BCUT2D eigenvalue weighted by atomic mass is 32.2. The van der Waals surface area contributed by atoms with Crippen LogP contribution in [-0.2, 0) is 16.9 Å². The molecule has 0 aliphatic heterocycles. The number of sulfone groups is 1. The summed E-state index contributed by atoms with van der Waals surface area (Å²) in [7, 11) is -1.55. The van der Waals surface area contributed by atoms with Gasteiger partial charge in [-0.3, -0.25) is 0 Å². The third-order valence-corrected chi connectivity index (χ3v) is 4.21. The van der Waals surface area contributed by atoms with Gasteiger partial charge in [0.05, 0.1) is 16.5 Å². The van der Waals surface area contributed by atoms with Crippen LogP contribution in [0.1, 0.15) is 18.3 Å². The summed E-state index contributed by atoms with van der Waals surface area (Å²) in [5, 5.41) is 8.93. The first-order chi connectivity index (χ1) is 8.86. The van der Waals surface area contributed by atoms with Crippen LogP contribution >= 0.6 is 0 Å². The molecule has 0 saturated carbocycles. The number of fused-ring (bicyclic) bond motifs is 1. The molecule has 1 unspecified atom stereocenters. The summed E-state index contributed by atoms with van der Waals surface area (Å²) in [6.45, 7) is -0.0384. The molecule has 1 atom stereocenters. The fourth-order valence-electron chi connectivity index (χ4n) is 2.11. The Bertz CT molecular complexity index is 706. The summed E-state index contributed by atoms with van der Waals surface area (Å²) in [5.74, 6) is 0.570. The van der Waals surface area contributed by atoms with Crippen molar-refractivity contribution in [1.82, 2.24) is 9.55 Å². The molecule has 0 spiro atoms. The second kappa shape index (κ2) is 4.92. The maximum atomic E-state index is 11.7. The van der Waals surface area contributed by atoms with E-state index in [0.717, 1.165) is 6.26 Å². The molecule has 19 heavy (non-hydrogen) atoms. The van der Waals surface area contributed by atoms with E-state index >= 15 is 0 Å². The molecule has 7 heteroatoms. The van der Waals surface area contributed by atoms with E-state index in [-0.39, 0.29) is 11.5 Å². The Hall–Kier alpha value is -1.44. The highest BCUT2D eigenvalue weighted by molar-refractivity contribution is 7.91. The number of aryl methyl sites for hydroxylation is 1. The van der Waals surface area contributed by atoms with Gasteiger partial charge in [0.15, 0.2) is 9.84 Å². The molecule has 3 N–H and O–H groups in total. The molecule has 1 aromatic carbocycles. The average molecular weight is 283 g/mol. The number of hydrogen-bond acceptors (Lipinski definition) is 5. The number of hydrogen-bond donors (Lipinski definition) is 2. The van der Waals surface area contributed by atoms with Crippen molar-refractivity contribution >= 4 is 20.9 Å². The highest BCUT2D eigenvalue weighted by Gasteiger charge is 2.19. The van der Waals surface area contributed by atoms with Gasteiger partial charge in [0, 0.05) is 19.9 Å². The average Bonchev–Trinajstić information content (AvgIpc) is 2.66. The van der Waals surface area contributed by atoms with Crippen LogP contribution in [0, 0.1) is 0 Å². The molecule has 2 rings (SSSR count). The summed E-state index contributed by atoms with van der Waals surface area (Å²) in [6.07, 6.45) is 1.54. The van der Waals surface area contributed by atoms with Crippen molar-refractivity contribution in [3.8, 4) is 0 Å². The molecule has 6 nitrogen and oxygen atoms in total. The van der Waals surface area contributed by atoms with Crippen molar-refractivity contribution in [3.63, 3.8) is 0 Å². The van der Waals surface area contributed by atoms with E-state index in [4.69, 9.17) is 10.8 Å². The number of rotatable bonds is 4. The quantitative estimate of drug-likeness (QED) is 0.844. The molecule has 1 heterocycles. The van der Waals surface area contributed by atoms with Crippen LogP contribution in [0.3, 0.4) is 0 Å². The van der Waals surface area contributed by atoms with E-state index in [2.05, 4.69) is 4.98 Å². The van der Waals surface area contributed by atoms with E-state index in [1.807, 2.05) is 0 Å². The fraction of sp³-hybridized carbons (Fsp3) is 0.417. The Morgan fingerprint density at radius 3 is 2.74 bits per heavy atom. The van der Waals surface area contributed by atoms with Gasteiger partial charge in [-0.25, -0.2) is 13.4 Å². The summed E-state index contributed by atoms with van der Waals surface area (Å²) in [6, 6.07) is 4.59. The van der Waals surface area contributed by atoms with Crippen LogP contribution < -0.4 is 5.73 Å². The number of nitrogens with zero attached hydrogens (tertiary/aromatic N) is 2. The summed E-state index contributed by atoms with van der Waals surface area (Å²) in [4.78, 5) is 4.54. The zero-order chi connectivity index (χ0) is 14.2. The smallest absolute Gasteiger partial charge is 0.177 e. The Morgan fingerprint density at radius 1 is 1.47 bits per heavy atom. The molecule has 104 valence electrons. The lowest BCUT2D eigenvalue weighted by molar-refractivity contribution is 0.274. The van der Waals surface area contributed by atoms with E-state index in [9.17, 15) is 8.42 Å². The Labute approximate surface area is 111 Å². The Kier molecular flexibility index (Phi) is 3.62. The number of nitrogens with two attached hydrogens (primary N) is 1. The summed E-state index contributed by atoms with van der Waals surface area (Å²) >= 11 is 0. The van der Waals surface area contributed by atoms with Gasteiger partial charge in [0.25, 0.3) is 0 Å². The van der Waals surface area contributed by atoms with E-state index in [0.29, 0.717) is 23.3 Å². The number of benzene rings is 1. The van der Waals surface area contributed by atoms with Crippen molar-refractivity contribution in [2.24, 2.45) is 12.8 Å². The van der Waals surface area contributed by atoms with Crippen LogP contribution in [-0.4, -0.2) is 35.9 Å². The lowest BCUT2D eigenvalue weighted by atomic mass is 10.2. The van der Waals surface area contributed by atoms with Gasteiger partial charge in [0.1, 0.15) is 11.3 Å². The van der Waals surface area contributed by atoms with Crippen molar-refractivity contribution < 1.29 is 13.5 Å². The van der Waals surface area contributed by atoms with Crippen LogP contribution in [0.4, 0.5) is 0 Å². The molecule has 1 aromatic heterocycles. The maximum absolute atomic E-state index is 11.7. The normalized spacial score (nSPS) is 13.9. The fourth-order valence-corrected chi connectivity index (χ4v) is 2.93. The van der Waals surface area contributed by atoms with Crippen LogP contribution in [0.2, 0.25) is 0 Å². The van der Waals surface area contributed by atoms with Gasteiger partial charge in [-0.2, -0.15) is 0 Å². The number of aromatic nitrogens is 2. The van der Waals surface area contributed by atoms with Gasteiger partial charge in [-0.1, -0.05) is 6.07 Å². The van der Waals surface area contributed by atoms with E-state index in [1.165, 1.54) is 6.07 Å². The molecule has 0 fully saturated rings. The van der Waals surface area contributed by atoms with Crippen molar-refractivity contribution in [2.45, 2.75) is 17.4 Å². The molecule has 0 amide bonds. The van der Waals surface area contributed by atoms with E-state index < -0.39 is 15.9 Å². The molecular formula is C12H17N3O3S. The molecule has 0 aliphatic rings. The second-order valence-electron chi connectivity index (χ2n) is 4.54. The number of aliphatic hydroxyl groups excluding tert-OH is 1. The third-order valence-electron chi connectivity index (χ3n) is 3.08. The number of imidazole rings is 1. The molecule has 0 aliphatic carbocycles. The third kappa shape index (κ3) is 2.49. The predicted octanol–water partition coefficient (Wildman–Crippen LogP) is 0.359. The maximum Gasteiger partial charge on any atom is 0.177 e. The zero-order valence-corrected chi connectivity index (χ0v) is 11.7. The monoisotopic (exact) mass is 283 g/mol. The van der Waals surface area contributed by atoms with Crippen molar-refractivity contribution in [1.29, 1.82) is 0 Å². The lowest BCUT2D eigenvalue weighted by Gasteiger charge is -2.09. The van der Waals surface area contributed by atoms with Gasteiger partial charge < -0.3 is 15.4 Å². The van der Waals surface area contributed by atoms with Gasteiger partial charge in [-0.15, -0.1) is 0 Å². The van der Waals surface area contributed by atoms with Crippen LogP contribution in [0.25, 0.3) is 11.0 Å². The first-order valence-electron chi connectivity index (χ1n) is 5.88. The van der Waals surface area contributed by atoms with Gasteiger partial charge in [0.2, 0.25) is 0 Å². The minimum Gasteiger partial charge on any atom is -0.396 e. The first kappa shape index (κ1) is 14.0. The minimum absolute atomic E-state index is 0.0384. The van der Waals surface area contributed by atoms with Crippen LogP contribution in [0.5, 0.6) is 0 Å². The topological polar surface area (TPSA) is 98.2 Å². The number of para-hydroxylation sites is 1. The number of aliphatic hydroxyl groups is 1. The van der Waals surface area contributed by atoms with Crippen LogP contribution in [0.15, 0.2) is 23.1 Å². The second-order valence-corrected chi connectivity index (χ2v) is 6.53. The standard InChI is InChI=1S/C12H17N3O3S/c1-15-9-4-3-5-10(19(2,17)18)11(9)14-12(15)8(13)6-7-16/h3-5,8,16H,6-7,13H2,1-2H3. The Balaban J connectivity index is 2.70.